The van der Waals surface area contributed by atoms with Crippen molar-refractivity contribution in [2.45, 2.75) is 20.3 Å². The van der Waals surface area contributed by atoms with Gasteiger partial charge in [0, 0.05) is 13.3 Å². The molecule has 0 fully saturated rings. The molecule has 0 unspecified atom stereocenters. The molecular weight excluding hydrogens is 190 g/mol. The van der Waals surface area contributed by atoms with Crippen molar-refractivity contribution in [1.29, 1.82) is 0 Å². The van der Waals surface area contributed by atoms with Gasteiger partial charge in [0.05, 0.1) is 0 Å². The second kappa shape index (κ2) is 5.96. The van der Waals surface area contributed by atoms with Crippen LogP contribution in [0.3, 0.4) is 0 Å². The van der Waals surface area contributed by atoms with Gasteiger partial charge in [-0.25, -0.2) is 0 Å². The molecule has 0 atom stereocenters. The minimum absolute atomic E-state index is 0.0488. The molecule has 0 heterocycles. The van der Waals surface area contributed by atoms with Crippen molar-refractivity contribution in [2.24, 2.45) is 5.16 Å². The molecule has 0 aromatic heterocycles. The normalized spacial score (nSPS) is 11.2. The molecule has 80 valence electrons. The number of oxime groups is 1. The quantitative estimate of drug-likeness (QED) is 0.546. The molecule has 1 aromatic rings. The van der Waals surface area contributed by atoms with Gasteiger partial charge in [0.2, 0.25) is 0 Å². The van der Waals surface area contributed by atoms with E-state index in [1.165, 1.54) is 6.92 Å². The van der Waals surface area contributed by atoms with Crippen LogP contribution in [0.4, 0.5) is 0 Å². The fourth-order valence-electron chi connectivity index (χ4n) is 1.15. The number of Topliss-reactive ketones (excluding diaryl/α,β-unsaturated/α-hetero) is 1. The second-order valence-electron chi connectivity index (χ2n) is 3.17. The van der Waals surface area contributed by atoms with Crippen LogP contribution in [-0.2, 0) is 16.1 Å². The molecule has 0 bridgehead atoms. The molecule has 3 heteroatoms. The summed E-state index contributed by atoms with van der Waals surface area (Å²) in [5.74, 6) is -0.0488. The Kier molecular flexibility index (Phi) is 4.54. The lowest BCUT2D eigenvalue weighted by atomic mass is 10.1. The van der Waals surface area contributed by atoms with Gasteiger partial charge in [-0.3, -0.25) is 4.79 Å². The van der Waals surface area contributed by atoms with Gasteiger partial charge in [-0.2, -0.15) is 0 Å². The zero-order chi connectivity index (χ0) is 11.1. The van der Waals surface area contributed by atoms with Crippen LogP contribution in [-0.4, -0.2) is 18.1 Å². The van der Waals surface area contributed by atoms with Crippen molar-refractivity contribution in [2.75, 3.05) is 6.61 Å². The fourth-order valence-corrected chi connectivity index (χ4v) is 1.15. The summed E-state index contributed by atoms with van der Waals surface area (Å²) in [5, 5.41) is 3.80. The van der Waals surface area contributed by atoms with E-state index in [1.807, 2.05) is 37.3 Å². The molecule has 0 amide bonds. The Morgan fingerprint density at radius 3 is 2.53 bits per heavy atom. The lowest BCUT2D eigenvalue weighted by Crippen LogP contribution is -2.14. The van der Waals surface area contributed by atoms with E-state index in [4.69, 9.17) is 4.84 Å². The SMILES string of the molecule is CCON=C(Cc1ccccc1)C(C)=O. The Morgan fingerprint density at radius 2 is 2.00 bits per heavy atom. The van der Waals surface area contributed by atoms with Crippen LogP contribution in [0.15, 0.2) is 35.5 Å². The van der Waals surface area contributed by atoms with Crippen molar-refractivity contribution < 1.29 is 9.63 Å². The van der Waals surface area contributed by atoms with Crippen molar-refractivity contribution in [1.82, 2.24) is 0 Å². The molecule has 0 N–H and O–H groups in total. The molecule has 15 heavy (non-hydrogen) atoms. The number of hydrogen-bond donors (Lipinski definition) is 0. The molecule has 0 radical (unpaired) electrons. The predicted molar refractivity (Wildman–Crippen MR) is 59.9 cm³/mol. The number of benzene rings is 1. The van der Waals surface area contributed by atoms with Crippen molar-refractivity contribution in [3.05, 3.63) is 35.9 Å². The van der Waals surface area contributed by atoms with Gasteiger partial charge in [-0.15, -0.1) is 0 Å². The fraction of sp³-hybridized carbons (Fsp3) is 0.333. The number of nitrogens with zero attached hydrogens (tertiary/aromatic N) is 1. The average molecular weight is 205 g/mol. The average Bonchev–Trinajstić information content (AvgIpc) is 2.25. The molecule has 0 aliphatic heterocycles. The summed E-state index contributed by atoms with van der Waals surface area (Å²) in [6, 6.07) is 9.74. The second-order valence-corrected chi connectivity index (χ2v) is 3.17. The van der Waals surface area contributed by atoms with E-state index in [2.05, 4.69) is 5.16 Å². The zero-order valence-corrected chi connectivity index (χ0v) is 9.06. The van der Waals surface area contributed by atoms with Crippen LogP contribution >= 0.6 is 0 Å². The molecule has 0 saturated heterocycles. The first kappa shape index (κ1) is 11.4. The van der Waals surface area contributed by atoms with E-state index in [1.54, 1.807) is 0 Å². The Hall–Kier alpha value is -1.64. The molecule has 1 rings (SSSR count). The third kappa shape index (κ3) is 3.94. The molecule has 0 aliphatic rings. The Morgan fingerprint density at radius 1 is 1.33 bits per heavy atom. The summed E-state index contributed by atoms with van der Waals surface area (Å²) >= 11 is 0. The smallest absolute Gasteiger partial charge is 0.177 e. The Labute approximate surface area is 89.7 Å². The molecular formula is C12H15NO2. The Bertz CT molecular complexity index is 344. The van der Waals surface area contributed by atoms with Gasteiger partial charge in [-0.05, 0) is 12.5 Å². The van der Waals surface area contributed by atoms with E-state index in [0.717, 1.165) is 5.56 Å². The summed E-state index contributed by atoms with van der Waals surface area (Å²) < 4.78 is 0. The van der Waals surface area contributed by atoms with Crippen LogP contribution in [0.25, 0.3) is 0 Å². The number of carbonyl (C=O) groups excluding carboxylic acids is 1. The van der Waals surface area contributed by atoms with Crippen molar-refractivity contribution in [3.63, 3.8) is 0 Å². The predicted octanol–water partition coefficient (Wildman–Crippen LogP) is 2.21. The van der Waals surface area contributed by atoms with Gasteiger partial charge in [-0.1, -0.05) is 35.5 Å². The van der Waals surface area contributed by atoms with Crippen LogP contribution in [0.2, 0.25) is 0 Å². The standard InChI is InChI=1S/C12H15NO2/c1-3-15-13-12(10(2)14)9-11-7-5-4-6-8-11/h4-8H,3,9H2,1-2H3. The van der Waals surface area contributed by atoms with E-state index >= 15 is 0 Å². The molecule has 0 spiro atoms. The van der Waals surface area contributed by atoms with Crippen LogP contribution in [0.5, 0.6) is 0 Å². The summed E-state index contributed by atoms with van der Waals surface area (Å²) in [5.41, 5.74) is 1.52. The first-order valence-corrected chi connectivity index (χ1v) is 4.97. The molecule has 0 saturated carbocycles. The van der Waals surface area contributed by atoms with Crippen LogP contribution in [0.1, 0.15) is 19.4 Å². The highest BCUT2D eigenvalue weighted by Gasteiger charge is 2.07. The van der Waals surface area contributed by atoms with E-state index in [9.17, 15) is 4.79 Å². The summed E-state index contributed by atoms with van der Waals surface area (Å²) in [7, 11) is 0. The topological polar surface area (TPSA) is 38.7 Å². The third-order valence-corrected chi connectivity index (χ3v) is 1.92. The number of carbonyl (C=O) groups is 1. The van der Waals surface area contributed by atoms with Gasteiger partial charge < -0.3 is 4.84 Å². The maximum atomic E-state index is 11.2. The highest BCUT2D eigenvalue weighted by Crippen LogP contribution is 2.02. The van der Waals surface area contributed by atoms with E-state index < -0.39 is 0 Å². The summed E-state index contributed by atoms with van der Waals surface area (Å²) in [6.07, 6.45) is 0.524. The first-order valence-electron chi connectivity index (χ1n) is 4.97. The monoisotopic (exact) mass is 205 g/mol. The highest BCUT2D eigenvalue weighted by molar-refractivity contribution is 6.39. The summed E-state index contributed by atoms with van der Waals surface area (Å²) in [6.45, 7) is 3.82. The van der Waals surface area contributed by atoms with E-state index in [0.29, 0.717) is 18.7 Å². The maximum absolute atomic E-state index is 11.2. The number of hydrogen-bond acceptors (Lipinski definition) is 3. The third-order valence-electron chi connectivity index (χ3n) is 1.92. The van der Waals surface area contributed by atoms with E-state index in [-0.39, 0.29) is 5.78 Å². The Balaban J connectivity index is 2.72. The van der Waals surface area contributed by atoms with Gasteiger partial charge in [0.25, 0.3) is 0 Å². The lowest BCUT2D eigenvalue weighted by Gasteiger charge is -2.02. The minimum atomic E-state index is -0.0488. The zero-order valence-electron chi connectivity index (χ0n) is 9.06. The largest absolute Gasteiger partial charge is 0.396 e. The van der Waals surface area contributed by atoms with Crippen molar-refractivity contribution in [3.8, 4) is 0 Å². The highest BCUT2D eigenvalue weighted by atomic mass is 16.6. The minimum Gasteiger partial charge on any atom is -0.396 e. The van der Waals surface area contributed by atoms with Crippen LogP contribution < -0.4 is 0 Å². The van der Waals surface area contributed by atoms with Crippen molar-refractivity contribution >= 4 is 11.5 Å². The van der Waals surface area contributed by atoms with Crippen LogP contribution in [0, 0.1) is 0 Å². The van der Waals surface area contributed by atoms with Gasteiger partial charge in [0.1, 0.15) is 12.3 Å². The molecule has 3 nitrogen and oxygen atoms in total. The lowest BCUT2D eigenvalue weighted by molar-refractivity contribution is -0.111. The van der Waals surface area contributed by atoms with Gasteiger partial charge in [0.15, 0.2) is 5.78 Å². The first-order chi connectivity index (χ1) is 7.24. The number of ketones is 1. The summed E-state index contributed by atoms with van der Waals surface area (Å²) in [4.78, 5) is 16.1. The molecule has 0 aliphatic carbocycles. The maximum Gasteiger partial charge on any atom is 0.177 e. The van der Waals surface area contributed by atoms with Gasteiger partial charge >= 0.3 is 0 Å². The molecule has 1 aromatic carbocycles. The number of rotatable bonds is 5.